The number of halogens is 1. The zero-order valence-corrected chi connectivity index (χ0v) is 16.3. The standard InChI is InChI=1S/C19H21ClN2O3S/c1-13-11-14(2)19(17(20)12-13)21-26(24,25)16-8-6-15(7-9-16)22-10-4-3-5-18(22)23/h6-9,11-12,21H,3-5,10H2,1-2H3. The highest BCUT2D eigenvalue weighted by Crippen LogP contribution is 2.30. The van der Waals surface area contributed by atoms with Gasteiger partial charge in [-0.15, -0.1) is 0 Å². The molecule has 0 bridgehead atoms. The van der Waals surface area contributed by atoms with Gasteiger partial charge < -0.3 is 4.90 Å². The summed E-state index contributed by atoms with van der Waals surface area (Å²) in [7, 11) is -3.77. The van der Waals surface area contributed by atoms with Gasteiger partial charge >= 0.3 is 0 Å². The molecule has 1 N–H and O–H groups in total. The van der Waals surface area contributed by atoms with E-state index in [1.807, 2.05) is 19.9 Å². The van der Waals surface area contributed by atoms with Gasteiger partial charge in [0.1, 0.15) is 0 Å². The Bertz CT molecular complexity index is 917. The normalized spacial score (nSPS) is 15.2. The van der Waals surface area contributed by atoms with Crippen molar-refractivity contribution in [3.05, 3.63) is 52.5 Å². The van der Waals surface area contributed by atoms with Gasteiger partial charge in [-0.3, -0.25) is 9.52 Å². The number of hydrogen-bond acceptors (Lipinski definition) is 3. The van der Waals surface area contributed by atoms with Crippen molar-refractivity contribution in [2.75, 3.05) is 16.2 Å². The number of carbonyl (C=O) groups excluding carboxylic acids is 1. The predicted molar refractivity (Wildman–Crippen MR) is 104 cm³/mol. The predicted octanol–water partition coefficient (Wildman–Crippen LogP) is 4.27. The maximum Gasteiger partial charge on any atom is 0.261 e. The molecule has 0 atom stereocenters. The number of aryl methyl sites for hydroxylation is 2. The monoisotopic (exact) mass is 392 g/mol. The number of benzene rings is 2. The fraction of sp³-hybridized carbons (Fsp3) is 0.316. The Morgan fingerprint density at radius 2 is 1.77 bits per heavy atom. The van der Waals surface area contributed by atoms with Crippen LogP contribution in [0.1, 0.15) is 30.4 Å². The zero-order chi connectivity index (χ0) is 18.9. The molecule has 0 aliphatic carbocycles. The average molecular weight is 393 g/mol. The van der Waals surface area contributed by atoms with Crippen molar-refractivity contribution in [1.29, 1.82) is 0 Å². The molecular formula is C19H21ClN2O3S. The first-order chi connectivity index (χ1) is 12.3. The lowest BCUT2D eigenvalue weighted by atomic mass is 10.1. The summed E-state index contributed by atoms with van der Waals surface area (Å²) in [5.41, 5.74) is 2.82. The van der Waals surface area contributed by atoms with E-state index in [0.29, 0.717) is 23.7 Å². The van der Waals surface area contributed by atoms with Crippen LogP contribution in [0.15, 0.2) is 41.3 Å². The van der Waals surface area contributed by atoms with Gasteiger partial charge in [0.05, 0.1) is 15.6 Å². The number of hydrogen-bond donors (Lipinski definition) is 1. The molecule has 0 radical (unpaired) electrons. The second kappa shape index (κ2) is 7.29. The first kappa shape index (κ1) is 18.7. The summed E-state index contributed by atoms with van der Waals surface area (Å²) >= 11 is 6.20. The van der Waals surface area contributed by atoms with Gasteiger partial charge in [0.15, 0.2) is 0 Å². The number of piperidine rings is 1. The van der Waals surface area contributed by atoms with E-state index in [0.717, 1.165) is 29.7 Å². The van der Waals surface area contributed by atoms with E-state index in [4.69, 9.17) is 11.6 Å². The second-order valence-corrected chi connectivity index (χ2v) is 8.63. The van der Waals surface area contributed by atoms with Crippen molar-refractivity contribution in [2.24, 2.45) is 0 Å². The van der Waals surface area contributed by atoms with Gasteiger partial charge in [-0.2, -0.15) is 0 Å². The third-order valence-corrected chi connectivity index (χ3v) is 6.11. The lowest BCUT2D eigenvalue weighted by molar-refractivity contribution is -0.119. The van der Waals surface area contributed by atoms with Gasteiger partial charge in [-0.05, 0) is 68.1 Å². The summed E-state index contributed by atoms with van der Waals surface area (Å²) in [5, 5.41) is 0.363. The van der Waals surface area contributed by atoms with Crippen molar-refractivity contribution in [1.82, 2.24) is 0 Å². The molecule has 2 aromatic carbocycles. The van der Waals surface area contributed by atoms with Crippen molar-refractivity contribution >= 4 is 38.9 Å². The maximum absolute atomic E-state index is 12.7. The second-order valence-electron chi connectivity index (χ2n) is 6.54. The molecule has 7 heteroatoms. The SMILES string of the molecule is Cc1cc(C)c(NS(=O)(=O)c2ccc(N3CCCCC3=O)cc2)c(Cl)c1. The Hall–Kier alpha value is -2.05. The van der Waals surface area contributed by atoms with E-state index < -0.39 is 10.0 Å². The third-order valence-electron chi connectivity index (χ3n) is 4.45. The lowest BCUT2D eigenvalue weighted by Crippen LogP contribution is -2.35. The summed E-state index contributed by atoms with van der Waals surface area (Å²) < 4.78 is 28.0. The van der Waals surface area contributed by atoms with E-state index in [1.54, 1.807) is 23.1 Å². The van der Waals surface area contributed by atoms with Crippen LogP contribution in [-0.4, -0.2) is 20.9 Å². The Balaban J connectivity index is 1.85. The van der Waals surface area contributed by atoms with Crippen LogP contribution in [0.5, 0.6) is 0 Å². The zero-order valence-electron chi connectivity index (χ0n) is 14.8. The number of carbonyl (C=O) groups is 1. The highest BCUT2D eigenvalue weighted by atomic mass is 35.5. The Labute approximate surface area is 159 Å². The largest absolute Gasteiger partial charge is 0.312 e. The van der Waals surface area contributed by atoms with Gasteiger partial charge in [0, 0.05) is 18.7 Å². The van der Waals surface area contributed by atoms with Crippen LogP contribution in [0.2, 0.25) is 5.02 Å². The van der Waals surface area contributed by atoms with Gasteiger partial charge in [-0.1, -0.05) is 17.7 Å². The molecule has 1 aliphatic rings. The summed E-state index contributed by atoms with van der Waals surface area (Å²) in [4.78, 5) is 13.8. The lowest BCUT2D eigenvalue weighted by Gasteiger charge is -2.26. The molecule has 5 nitrogen and oxygen atoms in total. The maximum atomic E-state index is 12.7. The minimum absolute atomic E-state index is 0.0760. The van der Waals surface area contributed by atoms with Gasteiger partial charge in [-0.25, -0.2) is 8.42 Å². The van der Waals surface area contributed by atoms with Crippen LogP contribution in [0, 0.1) is 13.8 Å². The smallest absolute Gasteiger partial charge is 0.261 e. The minimum Gasteiger partial charge on any atom is -0.312 e. The van der Waals surface area contributed by atoms with Gasteiger partial charge in [0.2, 0.25) is 5.91 Å². The molecule has 138 valence electrons. The Kier molecular flexibility index (Phi) is 5.25. The molecular weight excluding hydrogens is 372 g/mol. The van der Waals surface area contributed by atoms with Crippen molar-refractivity contribution in [2.45, 2.75) is 38.0 Å². The molecule has 0 saturated carbocycles. The molecule has 0 aromatic heterocycles. The van der Waals surface area contributed by atoms with E-state index in [1.165, 1.54) is 12.1 Å². The van der Waals surface area contributed by atoms with Crippen LogP contribution in [0.3, 0.4) is 0 Å². The highest BCUT2D eigenvalue weighted by Gasteiger charge is 2.21. The van der Waals surface area contributed by atoms with E-state index in [9.17, 15) is 13.2 Å². The molecule has 1 saturated heterocycles. The average Bonchev–Trinajstić information content (AvgIpc) is 2.59. The molecule has 1 aliphatic heterocycles. The number of anilines is 2. The van der Waals surface area contributed by atoms with E-state index in [2.05, 4.69) is 4.72 Å². The molecule has 1 heterocycles. The van der Waals surface area contributed by atoms with Crippen LogP contribution in [-0.2, 0) is 14.8 Å². The number of amides is 1. The highest BCUT2D eigenvalue weighted by molar-refractivity contribution is 7.92. The summed E-state index contributed by atoms with van der Waals surface area (Å²) in [6.07, 6.45) is 2.40. The quantitative estimate of drug-likeness (QED) is 0.844. The molecule has 2 aromatic rings. The van der Waals surface area contributed by atoms with Crippen molar-refractivity contribution in [3.63, 3.8) is 0 Å². The summed E-state index contributed by atoms with van der Waals surface area (Å²) in [6, 6.07) is 9.95. The number of rotatable bonds is 4. The minimum atomic E-state index is -3.77. The Morgan fingerprint density at radius 3 is 2.38 bits per heavy atom. The molecule has 26 heavy (non-hydrogen) atoms. The number of nitrogens with one attached hydrogen (secondary N) is 1. The van der Waals surface area contributed by atoms with Crippen LogP contribution in [0.4, 0.5) is 11.4 Å². The fourth-order valence-electron chi connectivity index (χ4n) is 3.12. The summed E-state index contributed by atoms with van der Waals surface area (Å²) in [5.74, 6) is 0.0760. The Morgan fingerprint density at radius 1 is 1.08 bits per heavy atom. The topological polar surface area (TPSA) is 66.5 Å². The summed E-state index contributed by atoms with van der Waals surface area (Å²) in [6.45, 7) is 4.38. The van der Waals surface area contributed by atoms with E-state index >= 15 is 0 Å². The third kappa shape index (κ3) is 3.86. The first-order valence-electron chi connectivity index (χ1n) is 8.48. The molecule has 1 fully saturated rings. The van der Waals surface area contributed by atoms with Crippen LogP contribution < -0.4 is 9.62 Å². The molecule has 0 spiro atoms. The van der Waals surface area contributed by atoms with Crippen molar-refractivity contribution < 1.29 is 13.2 Å². The fourth-order valence-corrected chi connectivity index (χ4v) is 4.70. The van der Waals surface area contributed by atoms with Crippen molar-refractivity contribution in [3.8, 4) is 0 Å². The number of nitrogens with zero attached hydrogens (tertiary/aromatic N) is 1. The van der Waals surface area contributed by atoms with Crippen LogP contribution in [0.25, 0.3) is 0 Å². The van der Waals surface area contributed by atoms with Crippen LogP contribution >= 0.6 is 11.6 Å². The van der Waals surface area contributed by atoms with E-state index in [-0.39, 0.29) is 10.8 Å². The molecule has 3 rings (SSSR count). The molecule has 1 amide bonds. The number of sulfonamides is 1. The first-order valence-corrected chi connectivity index (χ1v) is 10.3. The van der Waals surface area contributed by atoms with Gasteiger partial charge in [0.25, 0.3) is 10.0 Å². The molecule has 0 unspecified atom stereocenters.